The number of nitrogens with two attached hydrogens (primary N) is 1. The molecule has 2 N–H and O–H groups in total. The number of aromatic nitrogens is 2. The third-order valence-electron chi connectivity index (χ3n) is 3.65. The molecule has 2 unspecified atom stereocenters. The number of fused-ring (bicyclic) bond motifs is 1. The molecule has 0 aliphatic heterocycles. The van der Waals surface area contributed by atoms with Crippen LogP contribution in [0.4, 0.5) is 0 Å². The third-order valence-corrected chi connectivity index (χ3v) is 3.65. The summed E-state index contributed by atoms with van der Waals surface area (Å²) in [4.78, 5) is 4.70. The van der Waals surface area contributed by atoms with Crippen molar-refractivity contribution in [2.24, 2.45) is 5.73 Å². The summed E-state index contributed by atoms with van der Waals surface area (Å²) < 4.78 is 7.65. The molecule has 2 aromatic rings. The highest BCUT2D eigenvalue weighted by Gasteiger charge is 2.19. The van der Waals surface area contributed by atoms with E-state index >= 15 is 0 Å². The van der Waals surface area contributed by atoms with Gasteiger partial charge in [-0.2, -0.15) is 0 Å². The minimum absolute atomic E-state index is 0.0166. The Bertz CT molecular complexity index is 531. The fraction of sp³-hybridized carbons (Fsp3) is 0.533. The Balaban J connectivity index is 2.29. The number of nitrogens with zero attached hydrogens (tertiary/aromatic N) is 2. The molecule has 4 heteroatoms. The second-order valence-electron chi connectivity index (χ2n) is 4.81. The first-order valence-corrected chi connectivity index (χ1v) is 6.93. The molecule has 0 fully saturated rings. The van der Waals surface area contributed by atoms with Crippen molar-refractivity contribution in [3.8, 4) is 0 Å². The second kappa shape index (κ2) is 6.17. The van der Waals surface area contributed by atoms with Crippen molar-refractivity contribution in [1.82, 2.24) is 9.55 Å². The van der Waals surface area contributed by atoms with Gasteiger partial charge in [-0.05, 0) is 25.5 Å². The highest BCUT2D eigenvalue weighted by Crippen LogP contribution is 2.18. The molecule has 1 aromatic carbocycles. The van der Waals surface area contributed by atoms with Crippen LogP contribution in [-0.4, -0.2) is 28.8 Å². The zero-order valence-electron chi connectivity index (χ0n) is 12.0. The van der Waals surface area contributed by atoms with Crippen LogP contribution in [0, 0.1) is 0 Å². The van der Waals surface area contributed by atoms with Crippen molar-refractivity contribution in [3.05, 3.63) is 30.1 Å². The molecule has 0 bridgehead atoms. The van der Waals surface area contributed by atoms with Crippen LogP contribution in [-0.2, 0) is 17.7 Å². The standard InChI is InChI=1S/C15H23N3O/c1-4-14(19-3)11(16)10-15-17-12-8-6-7-9-13(12)18(15)5-2/h6-9,11,14H,4-5,10,16H2,1-3H3. The van der Waals surface area contributed by atoms with E-state index in [1.54, 1.807) is 7.11 Å². The Morgan fingerprint density at radius 3 is 2.68 bits per heavy atom. The molecule has 0 amide bonds. The molecule has 4 nitrogen and oxygen atoms in total. The normalized spacial score (nSPS) is 14.7. The van der Waals surface area contributed by atoms with Crippen LogP contribution < -0.4 is 5.73 Å². The molecule has 1 heterocycles. The lowest BCUT2D eigenvalue weighted by atomic mass is 10.1. The van der Waals surface area contributed by atoms with E-state index in [0.717, 1.165) is 30.7 Å². The lowest BCUT2D eigenvalue weighted by Gasteiger charge is -2.21. The van der Waals surface area contributed by atoms with Crippen molar-refractivity contribution in [2.75, 3.05) is 7.11 Å². The van der Waals surface area contributed by atoms with Crippen molar-refractivity contribution in [3.63, 3.8) is 0 Å². The Morgan fingerprint density at radius 2 is 2.05 bits per heavy atom. The van der Waals surface area contributed by atoms with Gasteiger partial charge in [-0.25, -0.2) is 4.98 Å². The first kappa shape index (κ1) is 14.0. The average molecular weight is 261 g/mol. The van der Waals surface area contributed by atoms with Gasteiger partial charge in [0, 0.05) is 26.1 Å². The van der Waals surface area contributed by atoms with Crippen LogP contribution in [0.2, 0.25) is 0 Å². The highest BCUT2D eigenvalue weighted by atomic mass is 16.5. The summed E-state index contributed by atoms with van der Waals surface area (Å²) in [5.41, 5.74) is 8.46. The molecule has 0 spiro atoms. The van der Waals surface area contributed by atoms with Gasteiger partial charge in [-0.15, -0.1) is 0 Å². The Kier molecular flexibility index (Phi) is 4.56. The third kappa shape index (κ3) is 2.80. The van der Waals surface area contributed by atoms with E-state index in [1.165, 1.54) is 5.52 Å². The molecule has 0 radical (unpaired) electrons. The summed E-state index contributed by atoms with van der Waals surface area (Å²) in [6.45, 7) is 5.14. The number of methoxy groups -OCH3 is 1. The number of aryl methyl sites for hydroxylation is 1. The number of benzene rings is 1. The van der Waals surface area contributed by atoms with Crippen LogP contribution in [0.15, 0.2) is 24.3 Å². The summed E-state index contributed by atoms with van der Waals surface area (Å²) in [6, 6.07) is 8.20. The van der Waals surface area contributed by atoms with Gasteiger partial charge in [0.2, 0.25) is 0 Å². The number of para-hydroxylation sites is 2. The van der Waals surface area contributed by atoms with Gasteiger partial charge in [0.15, 0.2) is 0 Å². The molecule has 0 aliphatic carbocycles. The number of hydrogen-bond acceptors (Lipinski definition) is 3. The monoisotopic (exact) mass is 261 g/mol. The van der Waals surface area contributed by atoms with Crippen molar-refractivity contribution >= 4 is 11.0 Å². The summed E-state index contributed by atoms with van der Waals surface area (Å²) in [6.07, 6.45) is 1.75. The van der Waals surface area contributed by atoms with Crippen molar-refractivity contribution < 1.29 is 4.74 Å². The summed E-state index contributed by atoms with van der Waals surface area (Å²) in [5.74, 6) is 1.05. The van der Waals surface area contributed by atoms with Crippen molar-refractivity contribution in [1.29, 1.82) is 0 Å². The Labute approximate surface area is 114 Å². The van der Waals surface area contributed by atoms with Crippen LogP contribution >= 0.6 is 0 Å². The maximum absolute atomic E-state index is 6.24. The van der Waals surface area contributed by atoms with Crippen LogP contribution in [0.5, 0.6) is 0 Å². The van der Waals surface area contributed by atoms with E-state index in [-0.39, 0.29) is 12.1 Å². The van der Waals surface area contributed by atoms with Gasteiger partial charge in [0.25, 0.3) is 0 Å². The van der Waals surface area contributed by atoms with Gasteiger partial charge in [-0.3, -0.25) is 0 Å². The maximum Gasteiger partial charge on any atom is 0.111 e. The van der Waals surface area contributed by atoms with E-state index < -0.39 is 0 Å². The van der Waals surface area contributed by atoms with Gasteiger partial charge >= 0.3 is 0 Å². The molecule has 1 aromatic heterocycles. The molecular formula is C15H23N3O. The van der Waals surface area contributed by atoms with E-state index in [4.69, 9.17) is 15.5 Å². The largest absolute Gasteiger partial charge is 0.380 e. The Morgan fingerprint density at radius 1 is 1.32 bits per heavy atom. The molecule has 2 rings (SSSR count). The lowest BCUT2D eigenvalue weighted by molar-refractivity contribution is 0.0765. The zero-order valence-corrected chi connectivity index (χ0v) is 12.0. The van der Waals surface area contributed by atoms with Crippen molar-refractivity contribution in [2.45, 2.75) is 45.4 Å². The van der Waals surface area contributed by atoms with E-state index in [9.17, 15) is 0 Å². The predicted octanol–water partition coefficient (Wildman–Crippen LogP) is 2.35. The van der Waals surface area contributed by atoms with Gasteiger partial charge < -0.3 is 15.0 Å². The van der Waals surface area contributed by atoms with E-state index in [2.05, 4.69) is 24.5 Å². The lowest BCUT2D eigenvalue weighted by Crippen LogP contribution is -2.38. The quantitative estimate of drug-likeness (QED) is 0.868. The topological polar surface area (TPSA) is 53.1 Å². The van der Waals surface area contributed by atoms with Crippen LogP contribution in [0.25, 0.3) is 11.0 Å². The predicted molar refractivity (Wildman–Crippen MR) is 78.2 cm³/mol. The number of rotatable bonds is 6. The number of hydrogen-bond donors (Lipinski definition) is 1. The first-order chi connectivity index (χ1) is 9.21. The minimum Gasteiger partial charge on any atom is -0.380 e. The molecular weight excluding hydrogens is 238 g/mol. The molecule has 19 heavy (non-hydrogen) atoms. The second-order valence-corrected chi connectivity index (χ2v) is 4.81. The minimum atomic E-state index is -0.0166. The van der Waals surface area contributed by atoms with Gasteiger partial charge in [0.1, 0.15) is 5.82 Å². The van der Waals surface area contributed by atoms with Crippen LogP contribution in [0.1, 0.15) is 26.1 Å². The van der Waals surface area contributed by atoms with Gasteiger partial charge in [0.05, 0.1) is 17.1 Å². The summed E-state index contributed by atoms with van der Waals surface area (Å²) >= 11 is 0. The average Bonchev–Trinajstić information content (AvgIpc) is 2.77. The molecule has 0 aliphatic rings. The smallest absolute Gasteiger partial charge is 0.111 e. The molecule has 0 saturated heterocycles. The fourth-order valence-electron chi connectivity index (χ4n) is 2.62. The van der Waals surface area contributed by atoms with E-state index in [1.807, 2.05) is 18.2 Å². The van der Waals surface area contributed by atoms with Crippen LogP contribution in [0.3, 0.4) is 0 Å². The molecule has 2 atom stereocenters. The first-order valence-electron chi connectivity index (χ1n) is 6.93. The summed E-state index contributed by atoms with van der Waals surface area (Å²) in [5, 5.41) is 0. The Hall–Kier alpha value is -1.39. The maximum atomic E-state index is 6.24. The zero-order chi connectivity index (χ0) is 13.8. The fourth-order valence-corrected chi connectivity index (χ4v) is 2.62. The number of ether oxygens (including phenoxy) is 1. The number of imidazole rings is 1. The van der Waals surface area contributed by atoms with Gasteiger partial charge in [-0.1, -0.05) is 19.1 Å². The molecule has 104 valence electrons. The highest BCUT2D eigenvalue weighted by molar-refractivity contribution is 5.75. The SMILES string of the molecule is CCC(OC)C(N)Cc1nc2ccccc2n1CC. The van der Waals surface area contributed by atoms with E-state index in [0.29, 0.717) is 0 Å². The summed E-state index contributed by atoms with van der Waals surface area (Å²) in [7, 11) is 1.72. The molecule has 0 saturated carbocycles.